The Kier molecular flexibility index (Phi) is 6.73. The summed E-state index contributed by atoms with van der Waals surface area (Å²) in [4.78, 5) is 25.4. The molecule has 0 bridgehead atoms. The summed E-state index contributed by atoms with van der Waals surface area (Å²) in [6.45, 7) is 0.293. The molecule has 0 aliphatic rings. The molecule has 1 amide bonds. The van der Waals surface area contributed by atoms with Crippen LogP contribution in [0.4, 0.5) is 5.69 Å². The van der Waals surface area contributed by atoms with Gasteiger partial charge in [-0.15, -0.1) is 0 Å². The monoisotopic (exact) mass is 373 g/mol. The van der Waals surface area contributed by atoms with E-state index in [1.165, 1.54) is 26.4 Å². The number of likely N-dealkylation sites (N-methyl/N-ethyl adjacent to an activating group) is 1. The smallest absolute Gasteiger partial charge is 0.286 e. The van der Waals surface area contributed by atoms with Gasteiger partial charge in [-0.1, -0.05) is 30.3 Å². The fourth-order valence-corrected chi connectivity index (χ4v) is 2.76. The van der Waals surface area contributed by atoms with Gasteiger partial charge in [-0.2, -0.15) is 0 Å². The molecule has 27 heavy (non-hydrogen) atoms. The minimum Gasteiger partial charge on any atom is -0.493 e. The summed E-state index contributed by atoms with van der Waals surface area (Å²) in [5, 5.41) is 14.2. The number of carbonyl (C=O) groups is 1. The molecule has 0 spiro atoms. The zero-order valence-corrected chi connectivity index (χ0v) is 15.8. The number of amides is 1. The van der Waals surface area contributed by atoms with Crippen molar-refractivity contribution in [3.63, 3.8) is 0 Å². The first-order chi connectivity index (χ1) is 12.9. The Hall–Kier alpha value is -3.13. The third-order valence-electron chi connectivity index (χ3n) is 4.21. The summed E-state index contributed by atoms with van der Waals surface area (Å²) in [7, 11) is 6.59. The summed E-state index contributed by atoms with van der Waals surface area (Å²) in [5.74, 6) is -0.109. The van der Waals surface area contributed by atoms with Crippen LogP contribution >= 0.6 is 0 Å². The molecule has 144 valence electrons. The van der Waals surface area contributed by atoms with Gasteiger partial charge in [0.05, 0.1) is 31.3 Å². The minimum atomic E-state index is -0.614. The molecule has 8 nitrogen and oxygen atoms in total. The van der Waals surface area contributed by atoms with Crippen LogP contribution in [0.15, 0.2) is 42.5 Å². The third kappa shape index (κ3) is 4.73. The number of hydrogen-bond donors (Lipinski definition) is 1. The maximum Gasteiger partial charge on any atom is 0.286 e. The van der Waals surface area contributed by atoms with Crippen molar-refractivity contribution in [3.8, 4) is 11.5 Å². The van der Waals surface area contributed by atoms with E-state index in [-0.39, 0.29) is 28.8 Å². The van der Waals surface area contributed by atoms with Crippen LogP contribution < -0.4 is 14.8 Å². The largest absolute Gasteiger partial charge is 0.493 e. The van der Waals surface area contributed by atoms with Gasteiger partial charge in [0.25, 0.3) is 11.6 Å². The van der Waals surface area contributed by atoms with Crippen LogP contribution in [0.1, 0.15) is 22.0 Å². The molecule has 0 fully saturated rings. The highest BCUT2D eigenvalue weighted by Crippen LogP contribution is 2.34. The van der Waals surface area contributed by atoms with Crippen molar-refractivity contribution in [2.45, 2.75) is 6.04 Å². The molecule has 0 aliphatic heterocycles. The summed E-state index contributed by atoms with van der Waals surface area (Å²) < 4.78 is 10.2. The fraction of sp³-hybridized carbons (Fsp3) is 0.316. The van der Waals surface area contributed by atoms with Crippen molar-refractivity contribution in [2.24, 2.45) is 0 Å². The number of nitro groups is 1. The lowest BCUT2D eigenvalue weighted by molar-refractivity contribution is -0.385. The molecule has 0 heterocycles. The molecule has 2 rings (SSSR count). The van der Waals surface area contributed by atoms with E-state index < -0.39 is 10.8 Å². The van der Waals surface area contributed by atoms with Gasteiger partial charge in [0, 0.05) is 12.6 Å². The first-order valence-corrected chi connectivity index (χ1v) is 8.29. The van der Waals surface area contributed by atoms with Crippen molar-refractivity contribution in [3.05, 3.63) is 63.7 Å². The highest BCUT2D eigenvalue weighted by Gasteiger charge is 2.25. The predicted molar refractivity (Wildman–Crippen MR) is 101 cm³/mol. The van der Waals surface area contributed by atoms with Crippen LogP contribution in [0, 0.1) is 10.1 Å². The third-order valence-corrected chi connectivity index (χ3v) is 4.21. The van der Waals surface area contributed by atoms with E-state index in [1.807, 2.05) is 49.3 Å². The van der Waals surface area contributed by atoms with Gasteiger partial charge in [0.1, 0.15) is 5.56 Å². The topological polar surface area (TPSA) is 93.9 Å². The van der Waals surface area contributed by atoms with E-state index in [1.54, 1.807) is 0 Å². The Morgan fingerprint density at radius 1 is 1.15 bits per heavy atom. The molecule has 2 aromatic rings. The van der Waals surface area contributed by atoms with Crippen molar-refractivity contribution in [2.75, 3.05) is 34.9 Å². The van der Waals surface area contributed by atoms with E-state index in [4.69, 9.17) is 9.47 Å². The van der Waals surface area contributed by atoms with Crippen molar-refractivity contribution in [1.82, 2.24) is 10.2 Å². The summed E-state index contributed by atoms with van der Waals surface area (Å²) in [6.07, 6.45) is 0. The number of rotatable bonds is 8. The molecular weight excluding hydrogens is 350 g/mol. The number of nitro benzene ring substituents is 1. The number of ether oxygens (including phenoxy) is 2. The first-order valence-electron chi connectivity index (χ1n) is 8.29. The first kappa shape index (κ1) is 20.2. The average Bonchev–Trinajstić information content (AvgIpc) is 2.67. The van der Waals surface area contributed by atoms with E-state index >= 15 is 0 Å². The van der Waals surface area contributed by atoms with Crippen LogP contribution in [-0.4, -0.2) is 50.6 Å². The number of benzene rings is 2. The van der Waals surface area contributed by atoms with E-state index in [2.05, 4.69) is 5.32 Å². The molecule has 0 radical (unpaired) electrons. The van der Waals surface area contributed by atoms with E-state index in [0.717, 1.165) is 5.56 Å². The van der Waals surface area contributed by atoms with Gasteiger partial charge in [-0.25, -0.2) is 0 Å². The van der Waals surface area contributed by atoms with Gasteiger partial charge in [0.2, 0.25) is 0 Å². The second-order valence-corrected chi connectivity index (χ2v) is 6.08. The number of methoxy groups -OCH3 is 2. The van der Waals surface area contributed by atoms with Crippen molar-refractivity contribution in [1.29, 1.82) is 0 Å². The molecule has 0 saturated carbocycles. The summed E-state index contributed by atoms with van der Waals surface area (Å²) >= 11 is 0. The lowest BCUT2D eigenvalue weighted by Gasteiger charge is -2.25. The van der Waals surface area contributed by atoms with Crippen LogP contribution in [0.5, 0.6) is 11.5 Å². The maximum absolute atomic E-state index is 12.7. The zero-order valence-electron chi connectivity index (χ0n) is 15.8. The highest BCUT2D eigenvalue weighted by atomic mass is 16.6. The highest BCUT2D eigenvalue weighted by molar-refractivity contribution is 5.99. The van der Waals surface area contributed by atoms with Crippen LogP contribution in [-0.2, 0) is 0 Å². The molecule has 0 aromatic heterocycles. The second-order valence-electron chi connectivity index (χ2n) is 6.08. The van der Waals surface area contributed by atoms with E-state index in [0.29, 0.717) is 6.54 Å². The quantitative estimate of drug-likeness (QED) is 0.565. The second kappa shape index (κ2) is 9.00. The predicted octanol–water partition coefficient (Wildman–Crippen LogP) is 2.64. The van der Waals surface area contributed by atoms with Crippen LogP contribution in [0.25, 0.3) is 0 Å². The average molecular weight is 373 g/mol. The van der Waals surface area contributed by atoms with Crippen molar-refractivity contribution >= 4 is 11.6 Å². The maximum atomic E-state index is 12.7. The minimum absolute atomic E-state index is 0.0747. The molecule has 0 unspecified atom stereocenters. The molecule has 8 heteroatoms. The number of nitrogens with one attached hydrogen (secondary N) is 1. The Labute approximate surface area is 157 Å². The zero-order chi connectivity index (χ0) is 20.0. The Morgan fingerprint density at radius 3 is 2.26 bits per heavy atom. The Morgan fingerprint density at radius 2 is 1.74 bits per heavy atom. The van der Waals surface area contributed by atoms with Gasteiger partial charge >= 0.3 is 0 Å². The number of nitrogens with zero attached hydrogens (tertiary/aromatic N) is 2. The Balaban J connectivity index is 2.27. The summed E-state index contributed by atoms with van der Waals surface area (Å²) in [6, 6.07) is 12.1. The lowest BCUT2D eigenvalue weighted by Crippen LogP contribution is -2.34. The molecular formula is C19H23N3O5. The van der Waals surface area contributed by atoms with Crippen LogP contribution in [0.2, 0.25) is 0 Å². The molecule has 1 atom stereocenters. The molecule has 0 aliphatic carbocycles. The fourth-order valence-electron chi connectivity index (χ4n) is 2.76. The number of carbonyl (C=O) groups excluding carboxylic acids is 1. The number of hydrogen-bond acceptors (Lipinski definition) is 6. The molecule has 0 saturated heterocycles. The van der Waals surface area contributed by atoms with Gasteiger partial charge in [-0.05, 0) is 19.7 Å². The molecule has 2 aromatic carbocycles. The van der Waals surface area contributed by atoms with E-state index in [9.17, 15) is 14.9 Å². The Bertz CT molecular complexity index is 808. The normalized spacial score (nSPS) is 11.7. The van der Waals surface area contributed by atoms with Crippen molar-refractivity contribution < 1.29 is 19.2 Å². The standard InChI is InChI=1S/C19H23N3O5/c1-21(2)16(13-8-6-5-7-9-13)12-20-19(23)14-10-17(26-3)18(27-4)11-15(14)22(24)25/h5-11,16H,12H2,1-4H3,(H,20,23)/t16-/m0/s1. The summed E-state index contributed by atoms with van der Waals surface area (Å²) in [5.41, 5.74) is 0.610. The van der Waals surface area contributed by atoms with Gasteiger partial charge < -0.3 is 19.7 Å². The van der Waals surface area contributed by atoms with Gasteiger partial charge in [0.15, 0.2) is 11.5 Å². The van der Waals surface area contributed by atoms with Crippen LogP contribution in [0.3, 0.4) is 0 Å². The SMILES string of the molecule is COc1cc(C(=O)NC[C@@H](c2ccccc2)N(C)C)c([N+](=O)[O-])cc1OC. The van der Waals surface area contributed by atoms with Gasteiger partial charge in [-0.3, -0.25) is 14.9 Å². The molecule has 1 N–H and O–H groups in total. The lowest BCUT2D eigenvalue weighted by atomic mass is 10.1.